The zero-order valence-electron chi connectivity index (χ0n) is 34.9. The molecular weight excluding hydrogens is 709 g/mol. The summed E-state index contributed by atoms with van der Waals surface area (Å²) in [5, 5.41) is 2.34. The number of rotatable bonds is 7. The minimum Gasteiger partial charge on any atom is -0.457 e. The number of anilines is 4. The topological polar surface area (TPSA) is 33.5 Å². The molecule has 0 amide bonds. The Balaban J connectivity index is 1.08. The van der Waals surface area contributed by atoms with E-state index in [-0.39, 0.29) is 16.2 Å². The minimum absolute atomic E-state index is 0.0273. The molecule has 0 bridgehead atoms. The van der Waals surface area contributed by atoms with Crippen molar-refractivity contribution in [2.45, 2.75) is 71.6 Å². The van der Waals surface area contributed by atoms with Crippen molar-refractivity contribution >= 4 is 44.6 Å². The van der Waals surface area contributed by atoms with Crippen molar-refractivity contribution in [1.29, 1.82) is 0 Å². The average molecular weight is 761 g/mol. The van der Waals surface area contributed by atoms with Crippen LogP contribution in [0.3, 0.4) is 0 Å². The fourth-order valence-electron chi connectivity index (χ4n) is 8.37. The lowest BCUT2D eigenvalue weighted by molar-refractivity contribution is 0.483. The van der Waals surface area contributed by atoms with E-state index in [0.29, 0.717) is 6.67 Å². The van der Waals surface area contributed by atoms with Gasteiger partial charge in [-0.15, -0.1) is 0 Å². The molecule has 1 aliphatic heterocycles. The molecule has 0 radical (unpaired) electrons. The Morgan fingerprint density at radius 3 is 1.88 bits per heavy atom. The summed E-state index contributed by atoms with van der Waals surface area (Å²) in [7, 11) is 0. The Morgan fingerprint density at radius 2 is 1.10 bits per heavy atom. The fraction of sp³-hybridized carbons (Fsp3) is 0.226. The van der Waals surface area contributed by atoms with Gasteiger partial charge in [0.15, 0.2) is 0 Å². The summed E-state index contributed by atoms with van der Waals surface area (Å²) in [5.41, 5.74) is 11.8. The van der Waals surface area contributed by atoms with Gasteiger partial charge in [0.05, 0.1) is 22.4 Å². The first-order valence-electron chi connectivity index (χ1n) is 20.4. The number of hydrogen-bond acceptors (Lipinski definition) is 4. The zero-order valence-corrected chi connectivity index (χ0v) is 34.9. The van der Waals surface area contributed by atoms with Gasteiger partial charge < -0.3 is 14.5 Å². The van der Waals surface area contributed by atoms with Crippen molar-refractivity contribution in [3.63, 3.8) is 0 Å². The molecule has 6 aromatic carbocycles. The third-order valence-corrected chi connectivity index (χ3v) is 11.9. The molecule has 0 saturated heterocycles. The number of aromatic nitrogens is 2. The van der Waals surface area contributed by atoms with E-state index in [9.17, 15) is 0 Å². The number of pyridine rings is 1. The first kappa shape index (κ1) is 37.3. The SMILES string of the molecule is CC(C)(C)c1cccc(N2CN(c3cccc(Oc4ccc5c6ccccc6n(-c6cc(C(C)(C)c7ccccc7)ccn6)c5c4)c3)c3ccc(C(C)(C)C)cc32)c1. The van der Waals surface area contributed by atoms with Crippen LogP contribution in [0.1, 0.15) is 77.6 Å². The van der Waals surface area contributed by atoms with Gasteiger partial charge in [0.1, 0.15) is 24.0 Å². The maximum atomic E-state index is 6.75. The molecule has 1 aliphatic rings. The Kier molecular flexibility index (Phi) is 8.96. The number of para-hydroxylation sites is 1. The number of fused-ring (bicyclic) bond motifs is 4. The first-order chi connectivity index (χ1) is 27.8. The molecule has 0 atom stereocenters. The van der Waals surface area contributed by atoms with Gasteiger partial charge in [-0.1, -0.05) is 128 Å². The molecule has 0 saturated carbocycles. The van der Waals surface area contributed by atoms with Gasteiger partial charge in [-0.3, -0.25) is 4.57 Å². The fourth-order valence-corrected chi connectivity index (χ4v) is 8.37. The third-order valence-electron chi connectivity index (χ3n) is 11.9. The summed E-state index contributed by atoms with van der Waals surface area (Å²) in [5.74, 6) is 2.43. The lowest BCUT2D eigenvalue weighted by Gasteiger charge is -2.26. The van der Waals surface area contributed by atoms with Gasteiger partial charge in [0.25, 0.3) is 0 Å². The summed E-state index contributed by atoms with van der Waals surface area (Å²) in [6, 6.07) is 54.5. The second kappa shape index (κ2) is 13.9. The molecule has 0 unspecified atom stereocenters. The lowest BCUT2D eigenvalue weighted by Crippen LogP contribution is -2.24. The van der Waals surface area contributed by atoms with Crippen molar-refractivity contribution < 1.29 is 4.74 Å². The zero-order chi connectivity index (χ0) is 40.4. The molecule has 5 heteroatoms. The van der Waals surface area contributed by atoms with Gasteiger partial charge in [-0.05, 0) is 99.8 Å². The van der Waals surface area contributed by atoms with E-state index in [1.165, 1.54) is 44.7 Å². The average Bonchev–Trinajstić information content (AvgIpc) is 3.76. The second-order valence-electron chi connectivity index (χ2n) is 18.3. The normalized spacial score (nSPS) is 13.4. The smallest absolute Gasteiger partial charge is 0.137 e. The molecule has 58 heavy (non-hydrogen) atoms. The lowest BCUT2D eigenvalue weighted by atomic mass is 9.78. The molecule has 0 spiro atoms. The van der Waals surface area contributed by atoms with Crippen LogP contribution in [-0.4, -0.2) is 16.2 Å². The van der Waals surface area contributed by atoms with E-state index < -0.39 is 0 Å². The van der Waals surface area contributed by atoms with Crippen molar-refractivity contribution in [3.8, 4) is 17.3 Å². The maximum Gasteiger partial charge on any atom is 0.137 e. The van der Waals surface area contributed by atoms with Crippen LogP contribution >= 0.6 is 0 Å². The quantitative estimate of drug-likeness (QED) is 0.162. The van der Waals surface area contributed by atoms with Crippen LogP contribution in [0.2, 0.25) is 0 Å². The van der Waals surface area contributed by atoms with Crippen LogP contribution in [0.5, 0.6) is 11.5 Å². The Morgan fingerprint density at radius 1 is 0.466 bits per heavy atom. The van der Waals surface area contributed by atoms with E-state index in [1.54, 1.807) is 0 Å². The van der Waals surface area contributed by atoms with Crippen LogP contribution in [0.4, 0.5) is 22.7 Å². The van der Waals surface area contributed by atoms with Crippen LogP contribution in [-0.2, 0) is 16.2 Å². The van der Waals surface area contributed by atoms with Crippen LogP contribution < -0.4 is 14.5 Å². The number of benzene rings is 6. The van der Waals surface area contributed by atoms with Gasteiger partial charge in [-0.2, -0.15) is 0 Å². The van der Waals surface area contributed by atoms with Crippen molar-refractivity contribution in [3.05, 3.63) is 180 Å². The highest BCUT2D eigenvalue weighted by Crippen LogP contribution is 2.47. The van der Waals surface area contributed by atoms with Gasteiger partial charge in [0, 0.05) is 45.9 Å². The molecular formula is C53H52N4O. The highest BCUT2D eigenvalue weighted by molar-refractivity contribution is 6.09. The number of nitrogens with zero attached hydrogens (tertiary/aromatic N) is 4. The first-order valence-corrected chi connectivity index (χ1v) is 20.4. The van der Waals surface area contributed by atoms with E-state index in [4.69, 9.17) is 9.72 Å². The van der Waals surface area contributed by atoms with Crippen LogP contribution in [0, 0.1) is 0 Å². The van der Waals surface area contributed by atoms with Gasteiger partial charge >= 0.3 is 0 Å². The predicted molar refractivity (Wildman–Crippen MR) is 243 cm³/mol. The number of hydrogen-bond donors (Lipinski definition) is 0. The highest BCUT2D eigenvalue weighted by atomic mass is 16.5. The standard InChI is InChI=1S/C53H52N4O/c1-51(2,3)37-18-14-19-40(30-37)56-35-55(47-27-24-38(31-49(47)56)52(4,5)6)41-20-15-21-42(33-41)58-43-25-26-45-44-22-12-13-23-46(44)57(48(45)34-43)50-32-39(28-29-54-50)53(7,8)36-16-10-9-11-17-36/h9-34H,35H2,1-8H3. The van der Waals surface area contributed by atoms with Gasteiger partial charge in [0.2, 0.25) is 0 Å². The van der Waals surface area contributed by atoms with Crippen molar-refractivity contribution in [1.82, 2.24) is 9.55 Å². The summed E-state index contributed by atoms with van der Waals surface area (Å²) in [6.45, 7) is 18.9. The van der Waals surface area contributed by atoms with Crippen molar-refractivity contribution in [2.24, 2.45) is 0 Å². The minimum atomic E-state index is -0.199. The molecule has 0 fully saturated rings. The maximum absolute atomic E-state index is 6.75. The second-order valence-corrected chi connectivity index (χ2v) is 18.3. The molecule has 9 rings (SSSR count). The summed E-state index contributed by atoms with van der Waals surface area (Å²) in [4.78, 5) is 9.80. The molecule has 0 N–H and O–H groups in total. The molecule has 2 aromatic heterocycles. The summed E-state index contributed by atoms with van der Waals surface area (Å²) < 4.78 is 9.02. The third kappa shape index (κ3) is 6.68. The molecule has 5 nitrogen and oxygen atoms in total. The monoisotopic (exact) mass is 760 g/mol. The molecule has 3 heterocycles. The van der Waals surface area contributed by atoms with E-state index in [0.717, 1.165) is 39.4 Å². The van der Waals surface area contributed by atoms with Crippen LogP contribution in [0.25, 0.3) is 27.6 Å². The molecule has 0 aliphatic carbocycles. The van der Waals surface area contributed by atoms with E-state index in [1.807, 2.05) is 12.3 Å². The Hall–Kier alpha value is -6.33. The van der Waals surface area contributed by atoms with E-state index in [2.05, 4.69) is 215 Å². The predicted octanol–water partition coefficient (Wildman–Crippen LogP) is 14.1. The molecule has 8 aromatic rings. The van der Waals surface area contributed by atoms with E-state index >= 15 is 0 Å². The van der Waals surface area contributed by atoms with Crippen LogP contribution in [0.15, 0.2) is 158 Å². The molecule has 290 valence electrons. The number of ether oxygens (including phenoxy) is 1. The van der Waals surface area contributed by atoms with Gasteiger partial charge in [-0.25, -0.2) is 4.98 Å². The Bertz CT molecular complexity index is 2800. The van der Waals surface area contributed by atoms with Crippen molar-refractivity contribution in [2.75, 3.05) is 16.5 Å². The summed E-state index contributed by atoms with van der Waals surface area (Å²) in [6.07, 6.45) is 1.94. The largest absolute Gasteiger partial charge is 0.457 e. The highest BCUT2D eigenvalue weighted by Gasteiger charge is 2.31. The summed E-state index contributed by atoms with van der Waals surface area (Å²) >= 11 is 0. The Labute approximate surface area is 343 Å².